The topological polar surface area (TPSA) is 95.9 Å². The van der Waals surface area contributed by atoms with Crippen LogP contribution in [0.25, 0.3) is 0 Å². The van der Waals surface area contributed by atoms with Crippen molar-refractivity contribution in [3.63, 3.8) is 0 Å². The molecule has 0 aliphatic carbocycles. The summed E-state index contributed by atoms with van der Waals surface area (Å²) in [4.78, 5) is 15.8. The van der Waals surface area contributed by atoms with Gasteiger partial charge < -0.3 is 14.0 Å². The van der Waals surface area contributed by atoms with Gasteiger partial charge in [-0.05, 0) is 26.8 Å². The van der Waals surface area contributed by atoms with Crippen molar-refractivity contribution in [1.29, 1.82) is 0 Å². The third-order valence-electron chi connectivity index (χ3n) is 2.88. The molecule has 11 heteroatoms. The van der Waals surface area contributed by atoms with Crippen LogP contribution in [-0.4, -0.2) is 48.0 Å². The third-order valence-corrected chi connectivity index (χ3v) is 7.09. The third kappa shape index (κ3) is 9.33. The standard InChI is InChI=1S/C15H26ClN3O4S2Si/c1-15(2,3)25(21)18-9-11-12(16)24-14(19-11)23-13(20)17-10-22-7-8-26(4,5)6/h9H,7-8,10H2,1-6H3,(H,17,20). The number of hydrogen-bond acceptors (Lipinski definition) is 7. The summed E-state index contributed by atoms with van der Waals surface area (Å²) in [5, 5.41) is 2.57. The molecule has 0 aromatic carbocycles. The van der Waals surface area contributed by atoms with E-state index in [1.54, 1.807) is 0 Å². The van der Waals surface area contributed by atoms with Gasteiger partial charge in [0.05, 0.1) is 0 Å². The molecule has 26 heavy (non-hydrogen) atoms. The maximum Gasteiger partial charge on any atom is 0.416 e. The predicted molar refractivity (Wildman–Crippen MR) is 111 cm³/mol. The first-order chi connectivity index (χ1) is 11.9. The zero-order valence-corrected chi connectivity index (χ0v) is 19.3. The zero-order valence-electron chi connectivity index (χ0n) is 15.9. The van der Waals surface area contributed by atoms with Gasteiger partial charge in [0.2, 0.25) is 0 Å². The summed E-state index contributed by atoms with van der Waals surface area (Å²) in [5.74, 6) is 0. The van der Waals surface area contributed by atoms with Gasteiger partial charge in [0.25, 0.3) is 5.19 Å². The van der Waals surface area contributed by atoms with Crippen LogP contribution >= 0.6 is 22.9 Å². The number of halogens is 1. The Balaban J connectivity index is 2.46. The molecular formula is C15H26ClN3O4S2Si. The van der Waals surface area contributed by atoms with Crippen molar-refractivity contribution in [2.45, 2.75) is 51.2 Å². The molecular weight excluding hydrogens is 414 g/mol. The Morgan fingerprint density at radius 2 is 2.12 bits per heavy atom. The van der Waals surface area contributed by atoms with Gasteiger partial charge in [-0.25, -0.2) is 4.79 Å². The van der Waals surface area contributed by atoms with Gasteiger partial charge in [0, 0.05) is 14.7 Å². The first kappa shape index (κ1) is 23.4. The molecule has 1 aromatic rings. The van der Waals surface area contributed by atoms with Crippen LogP contribution in [0, 0.1) is 0 Å². The lowest BCUT2D eigenvalue weighted by atomic mass is 10.3. The molecule has 7 nitrogen and oxygen atoms in total. The lowest BCUT2D eigenvalue weighted by Gasteiger charge is -2.17. The molecule has 1 amide bonds. The average molecular weight is 440 g/mol. The number of thiazole rings is 1. The number of amides is 1. The summed E-state index contributed by atoms with van der Waals surface area (Å²) in [6, 6.07) is 1.02. The van der Waals surface area contributed by atoms with E-state index < -0.39 is 30.3 Å². The average Bonchev–Trinajstić information content (AvgIpc) is 2.81. The number of carbonyl (C=O) groups excluding carboxylic acids is 1. The number of aromatic nitrogens is 1. The van der Waals surface area contributed by atoms with Gasteiger partial charge in [-0.15, -0.1) is 0 Å². The lowest BCUT2D eigenvalue weighted by molar-refractivity contribution is 0.121. The van der Waals surface area contributed by atoms with E-state index in [2.05, 4.69) is 34.3 Å². The normalized spacial score (nSPS) is 13.8. The van der Waals surface area contributed by atoms with Crippen LogP contribution in [0.2, 0.25) is 30.0 Å². The lowest BCUT2D eigenvalue weighted by Crippen LogP contribution is -2.30. The first-order valence-electron chi connectivity index (χ1n) is 8.04. The number of ether oxygens (including phenoxy) is 2. The molecule has 1 unspecified atom stereocenters. The van der Waals surface area contributed by atoms with E-state index in [1.807, 2.05) is 20.8 Å². The summed E-state index contributed by atoms with van der Waals surface area (Å²) >= 11 is 5.62. The van der Waals surface area contributed by atoms with Crippen LogP contribution in [-0.2, 0) is 16.1 Å². The molecule has 1 aromatic heterocycles. The molecule has 0 bridgehead atoms. The molecule has 0 aliphatic rings. The maximum absolute atomic E-state index is 11.9. The minimum atomic E-state index is -1.42. The van der Waals surface area contributed by atoms with Gasteiger partial charge in [0.1, 0.15) is 39.1 Å². The highest BCUT2D eigenvalue weighted by atomic mass is 35.5. The monoisotopic (exact) mass is 439 g/mol. The Kier molecular flexibility index (Phi) is 9.04. The second-order valence-electron chi connectivity index (χ2n) is 7.66. The van der Waals surface area contributed by atoms with Crippen LogP contribution in [0.5, 0.6) is 5.19 Å². The number of rotatable bonds is 8. The molecule has 0 aliphatic heterocycles. The van der Waals surface area contributed by atoms with Gasteiger partial charge in [-0.3, -0.25) is 5.32 Å². The molecule has 1 atom stereocenters. The van der Waals surface area contributed by atoms with Crippen molar-refractivity contribution >= 4 is 54.7 Å². The van der Waals surface area contributed by atoms with E-state index in [0.29, 0.717) is 16.6 Å². The number of nitrogens with zero attached hydrogens (tertiary/aromatic N) is 2. The summed E-state index contributed by atoms with van der Waals surface area (Å²) in [5.41, 5.74) is 0.309. The van der Waals surface area contributed by atoms with Crippen molar-refractivity contribution in [1.82, 2.24) is 10.3 Å². The first-order valence-corrected chi connectivity index (χ1v) is 14.0. The molecule has 1 rings (SSSR count). The highest BCUT2D eigenvalue weighted by Gasteiger charge is 2.26. The fraction of sp³-hybridized carbons (Fsp3) is 0.667. The van der Waals surface area contributed by atoms with Crippen molar-refractivity contribution in [3.05, 3.63) is 10.0 Å². The van der Waals surface area contributed by atoms with Crippen LogP contribution in [0.3, 0.4) is 0 Å². The smallest absolute Gasteiger partial charge is 0.416 e. The predicted octanol–water partition coefficient (Wildman–Crippen LogP) is 4.08. The summed E-state index contributed by atoms with van der Waals surface area (Å²) < 4.78 is 26.1. The van der Waals surface area contributed by atoms with Crippen molar-refractivity contribution < 1.29 is 18.8 Å². The van der Waals surface area contributed by atoms with Gasteiger partial charge in [-0.1, -0.05) is 47.0 Å². The van der Waals surface area contributed by atoms with E-state index >= 15 is 0 Å². The molecule has 148 valence electrons. The van der Waals surface area contributed by atoms with E-state index in [-0.39, 0.29) is 11.9 Å². The maximum atomic E-state index is 11.9. The minimum Gasteiger partial charge on any atom is -0.591 e. The molecule has 0 spiro atoms. The van der Waals surface area contributed by atoms with E-state index in [4.69, 9.17) is 21.1 Å². The number of carbonyl (C=O) groups is 1. The van der Waals surface area contributed by atoms with E-state index in [9.17, 15) is 9.35 Å². The summed E-state index contributed by atoms with van der Waals surface area (Å²) in [6.07, 6.45) is 0.648. The molecule has 0 saturated carbocycles. The largest absolute Gasteiger partial charge is 0.591 e. The molecule has 0 fully saturated rings. The van der Waals surface area contributed by atoms with E-state index in [0.717, 1.165) is 17.4 Å². The van der Waals surface area contributed by atoms with Crippen LogP contribution < -0.4 is 10.1 Å². The Morgan fingerprint density at radius 1 is 1.46 bits per heavy atom. The second-order valence-corrected chi connectivity index (χ2v) is 16.8. The van der Waals surface area contributed by atoms with Crippen LogP contribution in [0.4, 0.5) is 4.79 Å². The highest BCUT2D eigenvalue weighted by Crippen LogP contribution is 2.29. The summed E-state index contributed by atoms with van der Waals surface area (Å²) in [7, 11) is -1.15. The summed E-state index contributed by atoms with van der Waals surface area (Å²) in [6.45, 7) is 12.9. The molecule has 0 radical (unpaired) electrons. The van der Waals surface area contributed by atoms with Gasteiger partial charge in [0.15, 0.2) is 0 Å². The number of nitrogens with one attached hydrogen (secondary N) is 1. The molecule has 0 saturated heterocycles. The van der Waals surface area contributed by atoms with Crippen molar-refractivity contribution in [2.75, 3.05) is 13.3 Å². The number of hydrogen-bond donors (Lipinski definition) is 1. The fourth-order valence-corrected chi connectivity index (χ4v) is 3.52. The van der Waals surface area contributed by atoms with E-state index in [1.165, 1.54) is 6.21 Å². The quantitative estimate of drug-likeness (QED) is 0.216. The Hall–Kier alpha value is -0.653. The SMILES string of the molecule is CC(C)(C)[S+]([O-])N=Cc1nc(OC(=O)NCOCC[Si](C)(C)C)sc1Cl. The Morgan fingerprint density at radius 3 is 2.69 bits per heavy atom. The van der Waals surface area contributed by atoms with Gasteiger partial charge in [-0.2, -0.15) is 4.98 Å². The van der Waals surface area contributed by atoms with Crippen molar-refractivity contribution in [2.24, 2.45) is 4.40 Å². The second kappa shape index (κ2) is 10.0. The minimum absolute atomic E-state index is 0.0707. The molecule has 1 N–H and O–H groups in total. The zero-order chi connectivity index (χ0) is 20.0. The van der Waals surface area contributed by atoms with Crippen LogP contribution in [0.15, 0.2) is 4.40 Å². The van der Waals surface area contributed by atoms with Crippen molar-refractivity contribution in [3.8, 4) is 5.19 Å². The van der Waals surface area contributed by atoms with Gasteiger partial charge >= 0.3 is 6.09 Å². The Bertz CT molecular complexity index is 629. The highest BCUT2D eigenvalue weighted by molar-refractivity contribution is 7.91. The molecule has 1 heterocycles. The van der Waals surface area contributed by atoms with Crippen LogP contribution in [0.1, 0.15) is 26.5 Å². The fourth-order valence-electron chi connectivity index (χ4n) is 1.35. The Labute approximate surface area is 167 Å².